The fraction of sp³-hybridized carbons (Fsp3) is 0.407. The van der Waals surface area contributed by atoms with Crippen molar-refractivity contribution in [2.24, 2.45) is 0 Å². The minimum Gasteiger partial charge on any atom is -0.339 e. The highest BCUT2D eigenvalue weighted by molar-refractivity contribution is 6.21. The lowest BCUT2D eigenvalue weighted by Crippen LogP contribution is -2.33. The van der Waals surface area contributed by atoms with Gasteiger partial charge in [-0.3, -0.25) is 24.1 Å². The normalized spacial score (nSPS) is 12.6. The first kappa shape index (κ1) is 25.1. The number of unbranched alkanes of at least 4 members (excludes halogenated alkanes) is 2. The van der Waals surface area contributed by atoms with Crippen LogP contribution in [0.4, 0.5) is 5.69 Å². The predicted molar refractivity (Wildman–Crippen MR) is 132 cm³/mol. The molecule has 1 aliphatic rings. The van der Waals surface area contributed by atoms with Gasteiger partial charge in [0.15, 0.2) is 0 Å². The summed E-state index contributed by atoms with van der Waals surface area (Å²) in [6.45, 7) is 5.75. The van der Waals surface area contributed by atoms with Gasteiger partial charge in [0, 0.05) is 26.1 Å². The molecule has 1 N–H and O–H groups in total. The molecule has 0 unspecified atom stereocenters. The summed E-state index contributed by atoms with van der Waals surface area (Å²) in [5, 5.41) is 2.85. The van der Waals surface area contributed by atoms with Crippen molar-refractivity contribution in [2.75, 3.05) is 25.0 Å². The molecule has 0 fully saturated rings. The van der Waals surface area contributed by atoms with Crippen LogP contribution < -0.4 is 5.32 Å². The SMILES string of the molecule is CCCCN(CCCC)C(=O)c1ccccc1NC(=O)CCCN1C(=O)c2ccccc2C1=O. The molecule has 0 saturated carbocycles. The summed E-state index contributed by atoms with van der Waals surface area (Å²) in [6, 6.07) is 13.8. The molecule has 0 atom stereocenters. The lowest BCUT2D eigenvalue weighted by molar-refractivity contribution is -0.116. The second-order valence-electron chi connectivity index (χ2n) is 8.50. The Morgan fingerprint density at radius 3 is 1.97 bits per heavy atom. The van der Waals surface area contributed by atoms with E-state index in [1.807, 2.05) is 4.90 Å². The van der Waals surface area contributed by atoms with Crippen molar-refractivity contribution in [3.63, 3.8) is 0 Å². The van der Waals surface area contributed by atoms with E-state index in [1.165, 1.54) is 4.90 Å². The first-order valence-corrected chi connectivity index (χ1v) is 12.1. The summed E-state index contributed by atoms with van der Waals surface area (Å²) < 4.78 is 0. The van der Waals surface area contributed by atoms with Gasteiger partial charge in [0.25, 0.3) is 17.7 Å². The minimum atomic E-state index is -0.323. The predicted octanol–water partition coefficient (Wildman–Crippen LogP) is 4.74. The zero-order chi connectivity index (χ0) is 24.5. The van der Waals surface area contributed by atoms with Gasteiger partial charge in [-0.15, -0.1) is 0 Å². The van der Waals surface area contributed by atoms with Gasteiger partial charge < -0.3 is 10.2 Å². The second kappa shape index (κ2) is 12.1. The molecule has 4 amide bonds. The lowest BCUT2D eigenvalue weighted by atomic mass is 10.1. The summed E-state index contributed by atoms with van der Waals surface area (Å²) in [5.74, 6) is -0.984. The molecule has 1 heterocycles. The van der Waals surface area contributed by atoms with Crippen LogP contribution in [0.3, 0.4) is 0 Å². The van der Waals surface area contributed by atoms with Crippen LogP contribution in [0, 0.1) is 0 Å². The number of imide groups is 1. The number of fused-ring (bicyclic) bond motifs is 1. The monoisotopic (exact) mass is 463 g/mol. The van der Waals surface area contributed by atoms with Gasteiger partial charge in [-0.25, -0.2) is 0 Å². The lowest BCUT2D eigenvalue weighted by Gasteiger charge is -2.24. The van der Waals surface area contributed by atoms with Crippen molar-refractivity contribution in [3.8, 4) is 0 Å². The van der Waals surface area contributed by atoms with Crippen molar-refractivity contribution in [1.29, 1.82) is 0 Å². The van der Waals surface area contributed by atoms with Crippen LogP contribution in [-0.4, -0.2) is 53.1 Å². The molecular formula is C27H33N3O4. The fourth-order valence-corrected chi connectivity index (χ4v) is 4.01. The van der Waals surface area contributed by atoms with Gasteiger partial charge in [0.05, 0.1) is 22.4 Å². The standard InChI is InChI=1S/C27H33N3O4/c1-3-5-17-29(18-6-4-2)25(32)22-14-9-10-15-23(22)28-24(31)16-11-19-30-26(33)20-12-7-8-13-21(20)27(30)34/h7-10,12-15H,3-6,11,16-19H2,1-2H3,(H,28,31). The van der Waals surface area contributed by atoms with E-state index in [4.69, 9.17) is 0 Å². The molecule has 0 saturated heterocycles. The molecule has 0 aliphatic carbocycles. The number of para-hydroxylation sites is 1. The molecule has 0 bridgehead atoms. The van der Waals surface area contributed by atoms with E-state index >= 15 is 0 Å². The molecule has 0 radical (unpaired) electrons. The van der Waals surface area contributed by atoms with Gasteiger partial charge in [-0.1, -0.05) is 51.0 Å². The summed E-state index contributed by atoms with van der Waals surface area (Å²) in [6.07, 6.45) is 4.34. The Labute approximate surface area is 201 Å². The van der Waals surface area contributed by atoms with E-state index < -0.39 is 0 Å². The minimum absolute atomic E-state index is 0.0798. The number of anilines is 1. The zero-order valence-corrected chi connectivity index (χ0v) is 20.0. The Kier molecular flexibility index (Phi) is 8.96. The number of nitrogens with one attached hydrogen (secondary N) is 1. The first-order valence-electron chi connectivity index (χ1n) is 12.1. The highest BCUT2D eigenvalue weighted by Gasteiger charge is 2.34. The summed E-state index contributed by atoms with van der Waals surface area (Å²) >= 11 is 0. The van der Waals surface area contributed by atoms with Crippen molar-refractivity contribution in [1.82, 2.24) is 9.80 Å². The third-order valence-electron chi connectivity index (χ3n) is 5.95. The molecule has 0 aromatic heterocycles. The van der Waals surface area contributed by atoms with Crippen LogP contribution in [0.1, 0.15) is 83.4 Å². The third kappa shape index (κ3) is 5.90. The van der Waals surface area contributed by atoms with Crippen molar-refractivity contribution >= 4 is 29.3 Å². The smallest absolute Gasteiger partial charge is 0.261 e. The van der Waals surface area contributed by atoms with Gasteiger partial charge in [-0.05, 0) is 43.5 Å². The molecule has 7 nitrogen and oxygen atoms in total. The van der Waals surface area contributed by atoms with Crippen LogP contribution in [0.5, 0.6) is 0 Å². The molecule has 0 spiro atoms. The van der Waals surface area contributed by atoms with Crippen LogP contribution in [-0.2, 0) is 4.79 Å². The Morgan fingerprint density at radius 1 is 0.824 bits per heavy atom. The van der Waals surface area contributed by atoms with Crippen LogP contribution >= 0.6 is 0 Å². The van der Waals surface area contributed by atoms with Gasteiger partial charge >= 0.3 is 0 Å². The number of hydrogen-bond acceptors (Lipinski definition) is 4. The maximum atomic E-state index is 13.2. The molecule has 3 rings (SSSR count). The Bertz CT molecular complexity index is 1010. The van der Waals surface area contributed by atoms with Gasteiger partial charge in [0.2, 0.25) is 5.91 Å². The zero-order valence-electron chi connectivity index (χ0n) is 20.0. The fourth-order valence-electron chi connectivity index (χ4n) is 4.01. The van der Waals surface area contributed by atoms with E-state index in [2.05, 4.69) is 19.2 Å². The van der Waals surface area contributed by atoms with E-state index in [1.54, 1.807) is 48.5 Å². The molecule has 7 heteroatoms. The molecular weight excluding hydrogens is 430 g/mol. The van der Waals surface area contributed by atoms with Crippen LogP contribution in [0.25, 0.3) is 0 Å². The van der Waals surface area contributed by atoms with Crippen molar-refractivity contribution in [3.05, 3.63) is 65.2 Å². The number of nitrogens with zero attached hydrogens (tertiary/aromatic N) is 2. The maximum absolute atomic E-state index is 13.2. The summed E-state index contributed by atoms with van der Waals surface area (Å²) in [7, 11) is 0. The molecule has 2 aromatic rings. The van der Waals surface area contributed by atoms with Crippen molar-refractivity contribution in [2.45, 2.75) is 52.4 Å². The second-order valence-corrected chi connectivity index (χ2v) is 8.50. The number of carbonyl (C=O) groups is 4. The molecule has 34 heavy (non-hydrogen) atoms. The first-order chi connectivity index (χ1) is 16.5. The molecule has 2 aromatic carbocycles. The highest BCUT2D eigenvalue weighted by Crippen LogP contribution is 2.23. The Balaban J connectivity index is 1.59. The Hall–Kier alpha value is -3.48. The van der Waals surface area contributed by atoms with Crippen LogP contribution in [0.15, 0.2) is 48.5 Å². The highest BCUT2D eigenvalue weighted by atomic mass is 16.2. The van der Waals surface area contributed by atoms with Gasteiger partial charge in [0.1, 0.15) is 0 Å². The van der Waals surface area contributed by atoms with Gasteiger partial charge in [-0.2, -0.15) is 0 Å². The van der Waals surface area contributed by atoms with E-state index in [0.29, 0.717) is 41.9 Å². The van der Waals surface area contributed by atoms with E-state index in [0.717, 1.165) is 25.7 Å². The average Bonchev–Trinajstić information content (AvgIpc) is 3.09. The number of carbonyl (C=O) groups excluding carboxylic acids is 4. The quantitative estimate of drug-likeness (QED) is 0.461. The molecule has 180 valence electrons. The largest absolute Gasteiger partial charge is 0.339 e. The third-order valence-corrected chi connectivity index (χ3v) is 5.95. The molecule has 1 aliphatic heterocycles. The van der Waals surface area contributed by atoms with E-state index in [-0.39, 0.29) is 36.6 Å². The topological polar surface area (TPSA) is 86.8 Å². The number of benzene rings is 2. The maximum Gasteiger partial charge on any atom is 0.261 e. The van der Waals surface area contributed by atoms with Crippen molar-refractivity contribution < 1.29 is 19.2 Å². The number of rotatable bonds is 12. The Morgan fingerprint density at radius 2 is 1.38 bits per heavy atom. The number of hydrogen-bond donors (Lipinski definition) is 1. The summed E-state index contributed by atoms with van der Waals surface area (Å²) in [4.78, 5) is 53.8. The van der Waals surface area contributed by atoms with Crippen LogP contribution in [0.2, 0.25) is 0 Å². The number of amides is 4. The van der Waals surface area contributed by atoms with E-state index in [9.17, 15) is 19.2 Å². The summed E-state index contributed by atoms with van der Waals surface area (Å²) in [5.41, 5.74) is 1.76. The average molecular weight is 464 g/mol.